The molecule has 0 saturated carbocycles. The van der Waals surface area contributed by atoms with Crippen molar-refractivity contribution < 1.29 is 19.1 Å². The van der Waals surface area contributed by atoms with Gasteiger partial charge in [-0.05, 0) is 67.6 Å². The summed E-state index contributed by atoms with van der Waals surface area (Å²) in [4.78, 5) is 30.4. The zero-order valence-corrected chi connectivity index (χ0v) is 24.0. The average Bonchev–Trinajstić information content (AvgIpc) is 3.38. The van der Waals surface area contributed by atoms with E-state index in [0.717, 1.165) is 29.8 Å². The third-order valence-corrected chi connectivity index (χ3v) is 6.95. The molecule has 3 rings (SSSR count). The van der Waals surface area contributed by atoms with Crippen molar-refractivity contribution in [3.05, 3.63) is 84.2 Å². The molecular formula is C32H43N3O4. The Kier molecular flexibility index (Phi) is 11.5. The molecule has 1 aromatic heterocycles. The van der Waals surface area contributed by atoms with Gasteiger partial charge in [-0.2, -0.15) is 0 Å². The van der Waals surface area contributed by atoms with Crippen molar-refractivity contribution in [3.8, 4) is 11.5 Å². The summed E-state index contributed by atoms with van der Waals surface area (Å²) in [5.74, 6) is 1.63. The van der Waals surface area contributed by atoms with Crippen LogP contribution in [-0.4, -0.2) is 59.0 Å². The van der Waals surface area contributed by atoms with Crippen LogP contribution in [0.1, 0.15) is 51.8 Å². The first kappa shape index (κ1) is 29.8. The van der Waals surface area contributed by atoms with Gasteiger partial charge in [-0.15, -0.1) is 0 Å². The van der Waals surface area contributed by atoms with Crippen molar-refractivity contribution >= 4 is 11.8 Å². The molecule has 7 nitrogen and oxygen atoms in total. The molecule has 3 aromatic rings. The van der Waals surface area contributed by atoms with Crippen LogP contribution in [0.25, 0.3) is 0 Å². The van der Waals surface area contributed by atoms with E-state index < -0.39 is 0 Å². The summed E-state index contributed by atoms with van der Waals surface area (Å²) < 4.78 is 13.2. The Bertz CT molecular complexity index is 1170. The molecule has 0 saturated heterocycles. The summed E-state index contributed by atoms with van der Waals surface area (Å²) in [6, 6.07) is 21.4. The zero-order chi connectivity index (χ0) is 28.2. The van der Waals surface area contributed by atoms with Crippen LogP contribution >= 0.6 is 0 Å². The Morgan fingerprint density at radius 1 is 0.923 bits per heavy atom. The van der Waals surface area contributed by atoms with Gasteiger partial charge >= 0.3 is 0 Å². The predicted octanol–water partition coefficient (Wildman–Crippen LogP) is 5.63. The number of carbonyl (C=O) groups is 2. The van der Waals surface area contributed by atoms with E-state index in [9.17, 15) is 9.59 Å². The van der Waals surface area contributed by atoms with Gasteiger partial charge in [0.1, 0.15) is 11.5 Å². The van der Waals surface area contributed by atoms with E-state index in [-0.39, 0.29) is 31.0 Å². The number of aromatic nitrogens is 1. The zero-order valence-electron chi connectivity index (χ0n) is 24.0. The van der Waals surface area contributed by atoms with Crippen LogP contribution in [0.5, 0.6) is 11.5 Å². The first-order valence-corrected chi connectivity index (χ1v) is 13.8. The minimum atomic E-state index is -0.182. The van der Waals surface area contributed by atoms with Crippen molar-refractivity contribution in [1.82, 2.24) is 14.4 Å². The summed E-state index contributed by atoms with van der Waals surface area (Å²) in [5, 5.41) is 0. The highest BCUT2D eigenvalue weighted by molar-refractivity contribution is 5.85. The monoisotopic (exact) mass is 533 g/mol. The largest absolute Gasteiger partial charge is 0.497 e. The summed E-state index contributed by atoms with van der Waals surface area (Å²) in [6.07, 6.45) is 3.67. The Labute approximate surface area is 233 Å². The molecule has 39 heavy (non-hydrogen) atoms. The second-order valence-electron chi connectivity index (χ2n) is 10.4. The number of carbonyl (C=O) groups excluding carboxylic acids is 2. The van der Waals surface area contributed by atoms with E-state index in [1.807, 2.05) is 65.7 Å². The van der Waals surface area contributed by atoms with Gasteiger partial charge in [-0.1, -0.05) is 51.1 Å². The number of hydrogen-bond acceptors (Lipinski definition) is 4. The van der Waals surface area contributed by atoms with Crippen LogP contribution in [0.15, 0.2) is 72.9 Å². The molecule has 7 heteroatoms. The third-order valence-electron chi connectivity index (χ3n) is 6.95. The van der Waals surface area contributed by atoms with Crippen LogP contribution in [-0.2, 0) is 22.7 Å². The molecule has 0 spiro atoms. The highest BCUT2D eigenvalue weighted by atomic mass is 16.5. The van der Waals surface area contributed by atoms with Crippen molar-refractivity contribution in [2.75, 3.05) is 26.8 Å². The molecule has 2 amide bonds. The van der Waals surface area contributed by atoms with Gasteiger partial charge in [-0.3, -0.25) is 9.59 Å². The van der Waals surface area contributed by atoms with Gasteiger partial charge < -0.3 is 23.8 Å². The second kappa shape index (κ2) is 15.0. The second-order valence-corrected chi connectivity index (χ2v) is 10.4. The lowest BCUT2D eigenvalue weighted by molar-refractivity contribution is -0.143. The first-order valence-electron chi connectivity index (χ1n) is 13.8. The maximum atomic E-state index is 13.7. The average molecular weight is 534 g/mol. The predicted molar refractivity (Wildman–Crippen MR) is 155 cm³/mol. The van der Waals surface area contributed by atoms with Gasteiger partial charge in [0.2, 0.25) is 5.91 Å². The molecular weight excluding hydrogens is 490 g/mol. The SMILES string of the molecule is CC[C@@H](C)N(Cc1cccn1Cc1cccc(OC)c1)C(=O)CN(CCC(C)C)C(=O)COc1ccccc1. The molecule has 0 fully saturated rings. The van der Waals surface area contributed by atoms with Gasteiger partial charge in [0, 0.05) is 31.0 Å². The fourth-order valence-electron chi connectivity index (χ4n) is 4.31. The van der Waals surface area contributed by atoms with E-state index in [1.54, 1.807) is 12.0 Å². The Balaban J connectivity index is 1.73. The number of hydrogen-bond donors (Lipinski definition) is 0. The normalized spacial score (nSPS) is 11.7. The van der Waals surface area contributed by atoms with E-state index in [0.29, 0.717) is 31.3 Å². The maximum absolute atomic E-state index is 13.7. The molecule has 0 bridgehead atoms. The molecule has 210 valence electrons. The Morgan fingerprint density at radius 2 is 1.67 bits per heavy atom. The van der Waals surface area contributed by atoms with Gasteiger partial charge in [0.15, 0.2) is 6.61 Å². The van der Waals surface area contributed by atoms with Crippen molar-refractivity contribution in [2.45, 2.75) is 59.7 Å². The van der Waals surface area contributed by atoms with Gasteiger partial charge in [0.25, 0.3) is 5.91 Å². The minimum Gasteiger partial charge on any atom is -0.497 e. The number of amides is 2. The number of methoxy groups -OCH3 is 1. The minimum absolute atomic E-state index is 0.0280. The van der Waals surface area contributed by atoms with Crippen LogP contribution in [0.4, 0.5) is 0 Å². The van der Waals surface area contributed by atoms with Crippen molar-refractivity contribution in [1.29, 1.82) is 0 Å². The van der Waals surface area contributed by atoms with Crippen LogP contribution in [0, 0.1) is 5.92 Å². The van der Waals surface area contributed by atoms with E-state index >= 15 is 0 Å². The number of nitrogens with zero attached hydrogens (tertiary/aromatic N) is 3. The van der Waals surface area contributed by atoms with Gasteiger partial charge in [-0.25, -0.2) is 0 Å². The fourth-order valence-corrected chi connectivity index (χ4v) is 4.31. The summed E-state index contributed by atoms with van der Waals surface area (Å²) in [5.41, 5.74) is 2.16. The van der Waals surface area contributed by atoms with E-state index in [2.05, 4.69) is 44.4 Å². The smallest absolute Gasteiger partial charge is 0.260 e. The Hall–Kier alpha value is -3.74. The Morgan fingerprint density at radius 3 is 2.36 bits per heavy atom. The number of para-hydroxylation sites is 1. The summed E-state index contributed by atoms with van der Waals surface area (Å²) in [6.45, 7) is 9.98. The van der Waals surface area contributed by atoms with Crippen LogP contribution in [0.2, 0.25) is 0 Å². The third kappa shape index (κ3) is 9.20. The molecule has 0 aliphatic heterocycles. The van der Waals surface area contributed by atoms with Crippen LogP contribution in [0.3, 0.4) is 0 Å². The number of benzene rings is 2. The highest BCUT2D eigenvalue weighted by Crippen LogP contribution is 2.18. The van der Waals surface area contributed by atoms with E-state index in [4.69, 9.17) is 9.47 Å². The van der Waals surface area contributed by atoms with Crippen molar-refractivity contribution in [3.63, 3.8) is 0 Å². The molecule has 1 heterocycles. The topological polar surface area (TPSA) is 64.0 Å². The maximum Gasteiger partial charge on any atom is 0.260 e. The molecule has 1 atom stereocenters. The molecule has 0 aliphatic carbocycles. The first-order chi connectivity index (χ1) is 18.8. The highest BCUT2D eigenvalue weighted by Gasteiger charge is 2.25. The lowest BCUT2D eigenvalue weighted by Gasteiger charge is -2.32. The fraction of sp³-hybridized carbons (Fsp3) is 0.438. The summed E-state index contributed by atoms with van der Waals surface area (Å²) >= 11 is 0. The number of rotatable bonds is 15. The summed E-state index contributed by atoms with van der Waals surface area (Å²) in [7, 11) is 1.67. The lowest BCUT2D eigenvalue weighted by atomic mass is 10.1. The van der Waals surface area contributed by atoms with Crippen LogP contribution < -0.4 is 9.47 Å². The molecule has 0 radical (unpaired) electrons. The lowest BCUT2D eigenvalue weighted by Crippen LogP contribution is -2.47. The van der Waals surface area contributed by atoms with Crippen molar-refractivity contribution in [2.24, 2.45) is 5.92 Å². The van der Waals surface area contributed by atoms with E-state index in [1.165, 1.54) is 0 Å². The molecule has 0 N–H and O–H groups in total. The molecule has 0 unspecified atom stereocenters. The quantitative estimate of drug-likeness (QED) is 0.254. The number of ether oxygens (including phenoxy) is 2. The standard InChI is InChI=1S/C32H43N3O4/c1-6-26(4)35(22-28-13-11-18-33(28)21-27-12-10-16-30(20-27)38-5)31(36)23-34(19-17-25(2)3)32(37)24-39-29-14-8-7-9-15-29/h7-16,18,20,25-26H,6,17,19,21-24H2,1-5H3/t26-/m1/s1. The molecule has 2 aromatic carbocycles. The molecule has 0 aliphatic rings. The van der Waals surface area contributed by atoms with Gasteiger partial charge in [0.05, 0.1) is 20.2 Å².